The predicted molar refractivity (Wildman–Crippen MR) is 119 cm³/mol. The van der Waals surface area contributed by atoms with Gasteiger partial charge in [-0.3, -0.25) is 5.01 Å². The molecule has 0 aliphatic carbocycles. The monoisotopic (exact) mass is 426 g/mol. The second kappa shape index (κ2) is 8.36. The van der Waals surface area contributed by atoms with E-state index in [1.54, 1.807) is 14.2 Å². The van der Waals surface area contributed by atoms with E-state index in [-0.39, 0.29) is 6.04 Å². The highest BCUT2D eigenvalue weighted by Gasteiger charge is 2.32. The van der Waals surface area contributed by atoms with Crippen molar-refractivity contribution in [2.75, 3.05) is 19.2 Å². The Morgan fingerprint density at radius 2 is 1.76 bits per heavy atom. The molecule has 0 saturated carbocycles. The van der Waals surface area contributed by atoms with Crippen LogP contribution in [-0.2, 0) is 0 Å². The highest BCUT2D eigenvalue weighted by Crippen LogP contribution is 2.41. The molecular weight excluding hydrogens is 407 g/mol. The molecule has 3 aromatic rings. The Labute approximate surface area is 180 Å². The summed E-state index contributed by atoms with van der Waals surface area (Å²) in [6.07, 6.45) is 0.689. The SMILES string of the molecule is COc1ccc(C2=NN(c3ccccc3Cl)C(c3cccc(Cl)c3)C2)c(OC)c1. The second-order valence-corrected chi connectivity index (χ2v) is 7.53. The van der Waals surface area contributed by atoms with E-state index >= 15 is 0 Å². The minimum atomic E-state index is -0.0320. The molecule has 0 fully saturated rings. The lowest BCUT2D eigenvalue weighted by atomic mass is 9.97. The van der Waals surface area contributed by atoms with Crippen LogP contribution in [0.4, 0.5) is 5.69 Å². The molecule has 0 aromatic heterocycles. The van der Waals surface area contributed by atoms with E-state index in [1.165, 1.54) is 0 Å². The van der Waals surface area contributed by atoms with E-state index in [0.29, 0.717) is 22.2 Å². The average molecular weight is 427 g/mol. The van der Waals surface area contributed by atoms with Crippen LogP contribution < -0.4 is 14.5 Å². The van der Waals surface area contributed by atoms with Gasteiger partial charge in [-0.25, -0.2) is 0 Å². The molecule has 1 heterocycles. The lowest BCUT2D eigenvalue weighted by Crippen LogP contribution is -2.18. The zero-order valence-electron chi connectivity index (χ0n) is 16.1. The summed E-state index contributed by atoms with van der Waals surface area (Å²) in [4.78, 5) is 0. The molecule has 148 valence electrons. The normalized spacial score (nSPS) is 15.9. The van der Waals surface area contributed by atoms with Crippen LogP contribution in [0.2, 0.25) is 10.0 Å². The standard InChI is InChI=1S/C23H20Cl2N2O2/c1-28-17-10-11-18(23(13-17)29-2)20-14-22(15-6-5-7-16(24)12-15)27(26-20)21-9-4-3-8-19(21)25/h3-13,22H,14H2,1-2H3. The van der Waals surface area contributed by atoms with E-state index < -0.39 is 0 Å². The van der Waals surface area contributed by atoms with Crippen LogP contribution in [0.3, 0.4) is 0 Å². The highest BCUT2D eigenvalue weighted by atomic mass is 35.5. The molecule has 0 N–H and O–H groups in total. The minimum absolute atomic E-state index is 0.0320. The molecule has 0 bridgehead atoms. The zero-order chi connectivity index (χ0) is 20.4. The first-order valence-electron chi connectivity index (χ1n) is 9.20. The van der Waals surface area contributed by atoms with Crippen LogP contribution in [0, 0.1) is 0 Å². The first-order valence-corrected chi connectivity index (χ1v) is 9.95. The van der Waals surface area contributed by atoms with Crippen LogP contribution in [0.25, 0.3) is 0 Å². The molecule has 0 radical (unpaired) electrons. The maximum atomic E-state index is 6.50. The van der Waals surface area contributed by atoms with Crippen molar-refractivity contribution in [3.8, 4) is 11.5 Å². The van der Waals surface area contributed by atoms with Crippen LogP contribution in [-0.4, -0.2) is 19.9 Å². The zero-order valence-corrected chi connectivity index (χ0v) is 17.6. The molecule has 6 heteroatoms. The van der Waals surface area contributed by atoms with Crippen molar-refractivity contribution in [1.29, 1.82) is 0 Å². The molecule has 0 amide bonds. The molecule has 1 unspecified atom stereocenters. The molecule has 29 heavy (non-hydrogen) atoms. The molecule has 1 aliphatic rings. The minimum Gasteiger partial charge on any atom is -0.497 e. The summed E-state index contributed by atoms with van der Waals surface area (Å²) < 4.78 is 10.9. The van der Waals surface area contributed by atoms with E-state index in [0.717, 1.165) is 28.3 Å². The third-order valence-electron chi connectivity index (χ3n) is 4.96. The molecule has 1 atom stereocenters. The topological polar surface area (TPSA) is 34.1 Å². The van der Waals surface area contributed by atoms with Gasteiger partial charge < -0.3 is 9.47 Å². The Hall–Kier alpha value is -2.69. The van der Waals surface area contributed by atoms with Crippen molar-refractivity contribution >= 4 is 34.6 Å². The van der Waals surface area contributed by atoms with Crippen molar-refractivity contribution in [2.45, 2.75) is 12.5 Å². The number of benzene rings is 3. The number of nitrogens with zero attached hydrogens (tertiary/aromatic N) is 2. The first-order chi connectivity index (χ1) is 14.1. The maximum Gasteiger partial charge on any atom is 0.131 e. The van der Waals surface area contributed by atoms with Gasteiger partial charge in [-0.1, -0.05) is 47.5 Å². The summed E-state index contributed by atoms with van der Waals surface area (Å²) in [5.41, 5.74) is 3.76. The van der Waals surface area contributed by atoms with Crippen LogP contribution in [0.15, 0.2) is 71.8 Å². The smallest absolute Gasteiger partial charge is 0.131 e. The van der Waals surface area contributed by atoms with E-state index in [2.05, 4.69) is 6.07 Å². The predicted octanol–water partition coefficient (Wildman–Crippen LogP) is 6.37. The van der Waals surface area contributed by atoms with Gasteiger partial charge in [-0.15, -0.1) is 0 Å². The lowest BCUT2D eigenvalue weighted by molar-refractivity contribution is 0.394. The largest absolute Gasteiger partial charge is 0.497 e. The van der Waals surface area contributed by atoms with Gasteiger partial charge in [0, 0.05) is 23.1 Å². The summed E-state index contributed by atoms with van der Waals surface area (Å²) in [5.74, 6) is 1.45. The Bertz CT molecular complexity index is 1070. The number of hydrogen-bond acceptors (Lipinski definition) is 4. The summed E-state index contributed by atoms with van der Waals surface area (Å²) in [6, 6.07) is 21.3. The fraction of sp³-hybridized carbons (Fsp3) is 0.174. The Morgan fingerprint density at radius 1 is 0.931 bits per heavy atom. The average Bonchev–Trinajstić information content (AvgIpc) is 3.18. The van der Waals surface area contributed by atoms with Gasteiger partial charge in [0.15, 0.2) is 0 Å². The Kier molecular flexibility index (Phi) is 5.65. The number of hydrogen-bond donors (Lipinski definition) is 0. The van der Waals surface area contributed by atoms with Crippen molar-refractivity contribution in [3.05, 3.63) is 87.9 Å². The number of rotatable bonds is 5. The summed E-state index contributed by atoms with van der Waals surface area (Å²) in [7, 11) is 3.28. The number of halogens is 2. The Balaban J connectivity index is 1.81. The van der Waals surface area contributed by atoms with E-state index in [1.807, 2.05) is 65.7 Å². The fourth-order valence-electron chi connectivity index (χ4n) is 3.54. The number of hydrazone groups is 1. The van der Waals surface area contributed by atoms with Crippen LogP contribution >= 0.6 is 23.2 Å². The molecular formula is C23H20Cl2N2O2. The van der Waals surface area contributed by atoms with Gasteiger partial charge in [-0.2, -0.15) is 5.10 Å². The number of anilines is 1. The molecule has 4 rings (SSSR count). The Morgan fingerprint density at radius 3 is 2.48 bits per heavy atom. The highest BCUT2D eigenvalue weighted by molar-refractivity contribution is 6.33. The number of ether oxygens (including phenoxy) is 2. The van der Waals surface area contributed by atoms with Gasteiger partial charge in [0.2, 0.25) is 0 Å². The number of para-hydroxylation sites is 1. The van der Waals surface area contributed by atoms with Crippen molar-refractivity contribution in [1.82, 2.24) is 0 Å². The van der Waals surface area contributed by atoms with Gasteiger partial charge in [0.1, 0.15) is 11.5 Å². The molecule has 0 spiro atoms. The summed E-state index contributed by atoms with van der Waals surface area (Å²) in [6.45, 7) is 0. The van der Waals surface area contributed by atoms with E-state index in [4.69, 9.17) is 37.8 Å². The van der Waals surface area contributed by atoms with Crippen molar-refractivity contribution in [2.24, 2.45) is 5.10 Å². The van der Waals surface area contributed by atoms with Crippen molar-refractivity contribution in [3.63, 3.8) is 0 Å². The maximum absolute atomic E-state index is 6.50. The van der Waals surface area contributed by atoms with Gasteiger partial charge in [0.05, 0.1) is 36.7 Å². The molecule has 1 aliphatic heterocycles. The second-order valence-electron chi connectivity index (χ2n) is 6.68. The van der Waals surface area contributed by atoms with Gasteiger partial charge >= 0.3 is 0 Å². The molecule has 4 nitrogen and oxygen atoms in total. The third-order valence-corrected chi connectivity index (χ3v) is 5.52. The quantitative estimate of drug-likeness (QED) is 0.475. The van der Waals surface area contributed by atoms with E-state index in [9.17, 15) is 0 Å². The van der Waals surface area contributed by atoms with Gasteiger partial charge in [0.25, 0.3) is 0 Å². The van der Waals surface area contributed by atoms with Crippen LogP contribution in [0.5, 0.6) is 11.5 Å². The fourth-order valence-corrected chi connectivity index (χ4v) is 3.96. The number of methoxy groups -OCH3 is 2. The van der Waals surface area contributed by atoms with Crippen molar-refractivity contribution < 1.29 is 9.47 Å². The lowest BCUT2D eigenvalue weighted by Gasteiger charge is -2.25. The third kappa shape index (κ3) is 3.91. The summed E-state index contributed by atoms with van der Waals surface area (Å²) in [5, 5.41) is 8.24. The van der Waals surface area contributed by atoms with Gasteiger partial charge in [-0.05, 0) is 42.0 Å². The molecule has 0 saturated heterocycles. The van der Waals surface area contributed by atoms with Crippen LogP contribution in [0.1, 0.15) is 23.6 Å². The summed E-state index contributed by atoms with van der Waals surface area (Å²) >= 11 is 12.8. The first kappa shape index (κ1) is 19.6. The molecule has 3 aromatic carbocycles.